The average molecular weight is 301 g/mol. The van der Waals surface area contributed by atoms with Crippen LogP contribution in [0.1, 0.15) is 11.3 Å². The van der Waals surface area contributed by atoms with Crippen LogP contribution >= 0.6 is 27.5 Å². The third-order valence-corrected chi connectivity index (χ3v) is 3.19. The van der Waals surface area contributed by atoms with Gasteiger partial charge in [-0.1, -0.05) is 33.6 Å². The highest BCUT2D eigenvalue weighted by molar-refractivity contribution is 9.10. The first-order valence-corrected chi connectivity index (χ1v) is 6.02. The minimum Gasteiger partial charge on any atom is -0.325 e. The molecule has 0 amide bonds. The van der Waals surface area contributed by atoms with Crippen molar-refractivity contribution in [2.24, 2.45) is 5.73 Å². The van der Waals surface area contributed by atoms with E-state index in [0.717, 1.165) is 20.8 Å². The maximum Gasteiger partial charge on any atom is 0.0677 e. The zero-order valence-electron chi connectivity index (χ0n) is 8.53. The van der Waals surface area contributed by atoms with E-state index in [1.807, 2.05) is 28.9 Å². The molecule has 0 fully saturated rings. The summed E-state index contributed by atoms with van der Waals surface area (Å²) in [4.78, 5) is 0. The topological polar surface area (TPSA) is 43.8 Å². The van der Waals surface area contributed by atoms with Gasteiger partial charge in [0, 0.05) is 22.2 Å². The number of rotatable bonds is 3. The molecule has 1 aromatic carbocycles. The number of hydrogen-bond donors (Lipinski definition) is 1. The molecule has 0 radical (unpaired) electrons. The molecular formula is C11H11BrClN3. The number of hydrogen-bond acceptors (Lipinski definition) is 2. The quantitative estimate of drug-likeness (QED) is 0.947. The zero-order chi connectivity index (χ0) is 11.5. The molecule has 2 aromatic rings. The van der Waals surface area contributed by atoms with Gasteiger partial charge in [-0.05, 0) is 23.8 Å². The maximum absolute atomic E-state index is 6.14. The van der Waals surface area contributed by atoms with Crippen LogP contribution in [-0.4, -0.2) is 9.78 Å². The fourth-order valence-corrected chi connectivity index (χ4v) is 2.22. The second-order valence-corrected chi connectivity index (χ2v) is 4.74. The summed E-state index contributed by atoms with van der Waals surface area (Å²) in [6.45, 7) is 1.12. The monoisotopic (exact) mass is 299 g/mol. The SMILES string of the molecule is NCc1ccnn1Cc1ccc(Br)cc1Cl. The average Bonchev–Trinajstić information content (AvgIpc) is 2.69. The lowest BCUT2D eigenvalue weighted by Crippen LogP contribution is -2.09. The van der Waals surface area contributed by atoms with Crippen molar-refractivity contribution < 1.29 is 0 Å². The Labute approximate surface area is 107 Å². The highest BCUT2D eigenvalue weighted by Crippen LogP contribution is 2.22. The summed E-state index contributed by atoms with van der Waals surface area (Å²) in [5.74, 6) is 0. The Balaban J connectivity index is 2.27. The Morgan fingerprint density at radius 1 is 1.38 bits per heavy atom. The van der Waals surface area contributed by atoms with Gasteiger partial charge in [-0.15, -0.1) is 0 Å². The maximum atomic E-state index is 6.14. The first-order chi connectivity index (χ1) is 7.70. The van der Waals surface area contributed by atoms with Gasteiger partial charge in [0.1, 0.15) is 0 Å². The highest BCUT2D eigenvalue weighted by atomic mass is 79.9. The van der Waals surface area contributed by atoms with Crippen molar-refractivity contribution in [3.05, 3.63) is 51.2 Å². The molecule has 0 unspecified atom stereocenters. The van der Waals surface area contributed by atoms with Crippen molar-refractivity contribution in [1.29, 1.82) is 0 Å². The lowest BCUT2D eigenvalue weighted by atomic mass is 10.2. The van der Waals surface area contributed by atoms with Crippen molar-refractivity contribution >= 4 is 27.5 Å². The van der Waals surface area contributed by atoms with Crippen LogP contribution in [0.2, 0.25) is 5.02 Å². The summed E-state index contributed by atoms with van der Waals surface area (Å²) < 4.78 is 2.83. The molecule has 0 saturated carbocycles. The van der Waals surface area contributed by atoms with Crippen molar-refractivity contribution in [2.45, 2.75) is 13.1 Å². The summed E-state index contributed by atoms with van der Waals surface area (Å²) in [7, 11) is 0. The number of aromatic nitrogens is 2. The van der Waals surface area contributed by atoms with Gasteiger partial charge >= 0.3 is 0 Å². The summed E-state index contributed by atoms with van der Waals surface area (Å²) in [5, 5.41) is 4.94. The molecule has 1 aromatic heterocycles. The fraction of sp³-hybridized carbons (Fsp3) is 0.182. The van der Waals surface area contributed by atoms with E-state index in [4.69, 9.17) is 17.3 Å². The Hall–Kier alpha value is -0.840. The van der Waals surface area contributed by atoms with Crippen LogP contribution in [-0.2, 0) is 13.1 Å². The van der Waals surface area contributed by atoms with E-state index in [1.165, 1.54) is 0 Å². The molecule has 0 aliphatic carbocycles. The lowest BCUT2D eigenvalue weighted by Gasteiger charge is -2.08. The normalized spacial score (nSPS) is 10.7. The first kappa shape index (κ1) is 11.6. The van der Waals surface area contributed by atoms with E-state index < -0.39 is 0 Å². The third-order valence-electron chi connectivity index (χ3n) is 2.35. The third kappa shape index (κ3) is 2.45. The number of nitrogens with zero attached hydrogens (tertiary/aromatic N) is 2. The zero-order valence-corrected chi connectivity index (χ0v) is 10.9. The molecule has 0 spiro atoms. The van der Waals surface area contributed by atoms with Gasteiger partial charge in [-0.2, -0.15) is 5.10 Å². The van der Waals surface area contributed by atoms with Crippen LogP contribution in [0.4, 0.5) is 0 Å². The van der Waals surface area contributed by atoms with Crippen LogP contribution in [0.5, 0.6) is 0 Å². The molecule has 2 rings (SSSR count). The van der Waals surface area contributed by atoms with Crippen LogP contribution in [0.25, 0.3) is 0 Å². The van der Waals surface area contributed by atoms with Gasteiger partial charge in [0.15, 0.2) is 0 Å². The van der Waals surface area contributed by atoms with Crippen molar-refractivity contribution in [1.82, 2.24) is 9.78 Å². The molecule has 1 heterocycles. The van der Waals surface area contributed by atoms with Gasteiger partial charge in [0.25, 0.3) is 0 Å². The van der Waals surface area contributed by atoms with Crippen LogP contribution < -0.4 is 5.73 Å². The molecular weight excluding hydrogens is 289 g/mol. The molecule has 5 heteroatoms. The van der Waals surface area contributed by atoms with Crippen LogP contribution in [0.3, 0.4) is 0 Å². The molecule has 84 valence electrons. The highest BCUT2D eigenvalue weighted by Gasteiger charge is 2.05. The molecule has 0 atom stereocenters. The first-order valence-electron chi connectivity index (χ1n) is 4.85. The van der Waals surface area contributed by atoms with E-state index >= 15 is 0 Å². The van der Waals surface area contributed by atoms with Crippen molar-refractivity contribution in [3.8, 4) is 0 Å². The van der Waals surface area contributed by atoms with Gasteiger partial charge in [-0.3, -0.25) is 4.68 Å². The Kier molecular flexibility index (Phi) is 3.63. The second kappa shape index (κ2) is 4.99. The smallest absolute Gasteiger partial charge is 0.0677 e. The van der Waals surface area contributed by atoms with E-state index in [9.17, 15) is 0 Å². The summed E-state index contributed by atoms with van der Waals surface area (Å²) in [6.07, 6.45) is 1.74. The lowest BCUT2D eigenvalue weighted by molar-refractivity contribution is 0.646. The Morgan fingerprint density at radius 2 is 2.19 bits per heavy atom. The van der Waals surface area contributed by atoms with Crippen molar-refractivity contribution in [3.63, 3.8) is 0 Å². The largest absolute Gasteiger partial charge is 0.325 e. The van der Waals surface area contributed by atoms with Gasteiger partial charge in [0.2, 0.25) is 0 Å². The van der Waals surface area contributed by atoms with Gasteiger partial charge in [-0.25, -0.2) is 0 Å². The summed E-state index contributed by atoms with van der Waals surface area (Å²) in [5.41, 5.74) is 7.64. The van der Waals surface area contributed by atoms with Crippen molar-refractivity contribution in [2.75, 3.05) is 0 Å². The van der Waals surface area contributed by atoms with E-state index in [2.05, 4.69) is 21.0 Å². The standard InChI is InChI=1S/C11H11BrClN3/c12-9-2-1-8(11(13)5-9)7-16-10(6-14)3-4-15-16/h1-5H,6-7,14H2. The number of halogens is 2. The Morgan fingerprint density at radius 3 is 2.88 bits per heavy atom. The van der Waals surface area contributed by atoms with Gasteiger partial charge in [0.05, 0.1) is 12.2 Å². The fourth-order valence-electron chi connectivity index (χ4n) is 1.49. The number of benzene rings is 1. The predicted molar refractivity (Wildman–Crippen MR) is 68.4 cm³/mol. The molecule has 2 N–H and O–H groups in total. The molecule has 3 nitrogen and oxygen atoms in total. The molecule has 0 aliphatic heterocycles. The predicted octanol–water partition coefficient (Wildman–Crippen LogP) is 2.81. The van der Waals surface area contributed by atoms with E-state index in [-0.39, 0.29) is 0 Å². The second-order valence-electron chi connectivity index (χ2n) is 3.42. The van der Waals surface area contributed by atoms with E-state index in [0.29, 0.717) is 13.1 Å². The van der Waals surface area contributed by atoms with Crippen LogP contribution in [0, 0.1) is 0 Å². The molecule has 0 bridgehead atoms. The van der Waals surface area contributed by atoms with Gasteiger partial charge < -0.3 is 5.73 Å². The van der Waals surface area contributed by atoms with E-state index in [1.54, 1.807) is 6.20 Å². The number of nitrogens with two attached hydrogens (primary N) is 1. The Bertz CT molecular complexity index is 496. The summed E-state index contributed by atoms with van der Waals surface area (Å²) >= 11 is 9.52. The minimum absolute atomic E-state index is 0.480. The molecule has 0 aliphatic rings. The molecule has 0 saturated heterocycles. The summed E-state index contributed by atoms with van der Waals surface area (Å²) in [6, 6.07) is 7.73. The van der Waals surface area contributed by atoms with Crippen LogP contribution in [0.15, 0.2) is 34.9 Å². The minimum atomic E-state index is 0.480. The molecule has 16 heavy (non-hydrogen) atoms.